The van der Waals surface area contributed by atoms with Crippen LogP contribution in [0.3, 0.4) is 0 Å². The largest absolute Gasteiger partial charge is 0.497 e. The van der Waals surface area contributed by atoms with E-state index in [2.05, 4.69) is 18.7 Å². The predicted molar refractivity (Wildman–Crippen MR) is 76.8 cm³/mol. The normalized spacial score (nSPS) is 12.7. The Bertz CT molecular complexity index is 612. The molecule has 1 aliphatic heterocycles. The van der Waals surface area contributed by atoms with Crippen molar-refractivity contribution < 1.29 is 9.47 Å². The third kappa shape index (κ3) is 2.22. The van der Waals surface area contributed by atoms with E-state index < -0.39 is 0 Å². The van der Waals surface area contributed by atoms with Crippen LogP contribution in [-0.2, 0) is 6.42 Å². The fraction of sp³-hybridized carbons (Fsp3) is 0.176. The molecule has 0 spiro atoms. The Morgan fingerprint density at radius 2 is 1.84 bits per heavy atom. The molecule has 0 saturated carbocycles. The van der Waals surface area contributed by atoms with Crippen molar-refractivity contribution in [3.63, 3.8) is 0 Å². The number of rotatable bonds is 3. The quantitative estimate of drug-likeness (QED) is 0.829. The highest BCUT2D eigenvalue weighted by Crippen LogP contribution is 2.30. The van der Waals surface area contributed by atoms with Crippen LogP contribution in [0.5, 0.6) is 11.5 Å². The summed E-state index contributed by atoms with van der Waals surface area (Å²) in [4.78, 5) is 0. The first-order valence-corrected chi connectivity index (χ1v) is 6.37. The van der Waals surface area contributed by atoms with Crippen molar-refractivity contribution in [2.75, 3.05) is 13.7 Å². The van der Waals surface area contributed by atoms with Crippen LogP contribution in [0.1, 0.15) is 16.7 Å². The minimum Gasteiger partial charge on any atom is -0.497 e. The summed E-state index contributed by atoms with van der Waals surface area (Å²) in [6, 6.07) is 14.3. The van der Waals surface area contributed by atoms with E-state index in [-0.39, 0.29) is 0 Å². The molecule has 0 bridgehead atoms. The minimum absolute atomic E-state index is 0.786. The summed E-state index contributed by atoms with van der Waals surface area (Å²) < 4.78 is 10.7. The Kier molecular flexibility index (Phi) is 3.00. The van der Waals surface area contributed by atoms with Gasteiger partial charge in [0.15, 0.2) is 0 Å². The van der Waals surface area contributed by atoms with Crippen molar-refractivity contribution in [2.45, 2.75) is 6.42 Å². The Morgan fingerprint density at radius 3 is 2.58 bits per heavy atom. The summed E-state index contributed by atoms with van der Waals surface area (Å²) in [5, 5.41) is 0. The van der Waals surface area contributed by atoms with Gasteiger partial charge in [-0.05, 0) is 46.5 Å². The molecule has 0 aromatic heterocycles. The maximum atomic E-state index is 5.52. The molecule has 3 rings (SSSR count). The number of benzene rings is 2. The Labute approximate surface area is 113 Å². The zero-order valence-electron chi connectivity index (χ0n) is 11.0. The molecule has 0 N–H and O–H groups in total. The molecule has 0 atom stereocenters. The molecule has 0 unspecified atom stereocenters. The van der Waals surface area contributed by atoms with Crippen LogP contribution < -0.4 is 9.47 Å². The lowest BCUT2D eigenvalue weighted by Gasteiger charge is -2.09. The van der Waals surface area contributed by atoms with Gasteiger partial charge in [-0.25, -0.2) is 0 Å². The van der Waals surface area contributed by atoms with Crippen molar-refractivity contribution in [3.8, 4) is 11.5 Å². The van der Waals surface area contributed by atoms with Gasteiger partial charge in [0.05, 0.1) is 13.7 Å². The highest BCUT2D eigenvalue weighted by atomic mass is 16.5. The van der Waals surface area contributed by atoms with E-state index in [9.17, 15) is 0 Å². The molecule has 0 aliphatic carbocycles. The number of hydrogen-bond acceptors (Lipinski definition) is 2. The minimum atomic E-state index is 0.786. The molecule has 0 amide bonds. The van der Waals surface area contributed by atoms with E-state index in [0.717, 1.165) is 41.2 Å². The van der Waals surface area contributed by atoms with E-state index in [4.69, 9.17) is 9.47 Å². The highest BCUT2D eigenvalue weighted by molar-refractivity contribution is 5.79. The number of hydrogen-bond donors (Lipinski definition) is 0. The SMILES string of the molecule is C=C(c1ccc(OC)cc1)c1ccc2c(c1)CCO2. The Morgan fingerprint density at radius 1 is 1.11 bits per heavy atom. The number of ether oxygens (including phenoxy) is 2. The topological polar surface area (TPSA) is 18.5 Å². The highest BCUT2D eigenvalue weighted by Gasteiger charge is 2.13. The zero-order valence-corrected chi connectivity index (χ0v) is 11.0. The monoisotopic (exact) mass is 252 g/mol. The van der Waals surface area contributed by atoms with E-state index >= 15 is 0 Å². The molecule has 0 saturated heterocycles. The molecule has 19 heavy (non-hydrogen) atoms. The molecule has 2 aromatic carbocycles. The third-order valence-corrected chi connectivity index (χ3v) is 3.48. The first-order chi connectivity index (χ1) is 9.28. The lowest BCUT2D eigenvalue weighted by Crippen LogP contribution is -1.89. The Hall–Kier alpha value is -2.22. The van der Waals surface area contributed by atoms with Gasteiger partial charge in [0, 0.05) is 6.42 Å². The molecule has 1 aliphatic rings. The maximum Gasteiger partial charge on any atom is 0.122 e. The van der Waals surface area contributed by atoms with Crippen molar-refractivity contribution in [3.05, 3.63) is 65.7 Å². The first kappa shape index (κ1) is 11.8. The molecule has 0 fully saturated rings. The summed E-state index contributed by atoms with van der Waals surface area (Å²) in [6.07, 6.45) is 0.985. The lowest BCUT2D eigenvalue weighted by molar-refractivity contribution is 0.357. The molecule has 2 nitrogen and oxygen atoms in total. The van der Waals surface area contributed by atoms with Gasteiger partial charge < -0.3 is 9.47 Å². The van der Waals surface area contributed by atoms with Gasteiger partial charge in [0.25, 0.3) is 0 Å². The fourth-order valence-electron chi connectivity index (χ4n) is 2.33. The molecule has 0 radical (unpaired) electrons. The van der Waals surface area contributed by atoms with E-state index in [1.807, 2.05) is 30.3 Å². The van der Waals surface area contributed by atoms with Crippen LogP contribution in [-0.4, -0.2) is 13.7 Å². The molecular formula is C17H16O2. The first-order valence-electron chi connectivity index (χ1n) is 6.37. The average molecular weight is 252 g/mol. The summed E-state index contributed by atoms with van der Waals surface area (Å²) in [5.74, 6) is 1.87. The van der Waals surface area contributed by atoms with Gasteiger partial charge >= 0.3 is 0 Å². The van der Waals surface area contributed by atoms with Crippen LogP contribution in [0.2, 0.25) is 0 Å². The van der Waals surface area contributed by atoms with Crippen LogP contribution in [0.15, 0.2) is 49.0 Å². The zero-order chi connectivity index (χ0) is 13.2. The standard InChI is InChI=1S/C17H16O2/c1-12(13-3-6-16(18-2)7-4-13)14-5-8-17-15(11-14)9-10-19-17/h3-8,11H,1,9-10H2,2H3. The molecule has 2 aromatic rings. The second kappa shape index (κ2) is 4.81. The predicted octanol–water partition coefficient (Wildman–Crippen LogP) is 3.69. The van der Waals surface area contributed by atoms with Gasteiger partial charge in [-0.1, -0.05) is 24.8 Å². The smallest absolute Gasteiger partial charge is 0.122 e. The summed E-state index contributed by atoms with van der Waals surface area (Å²) >= 11 is 0. The van der Waals surface area contributed by atoms with E-state index in [1.54, 1.807) is 7.11 Å². The van der Waals surface area contributed by atoms with Gasteiger partial charge in [0.1, 0.15) is 11.5 Å². The van der Waals surface area contributed by atoms with Crippen molar-refractivity contribution in [2.24, 2.45) is 0 Å². The van der Waals surface area contributed by atoms with Crippen molar-refractivity contribution in [1.82, 2.24) is 0 Å². The second-order valence-electron chi connectivity index (χ2n) is 4.63. The summed E-state index contributed by atoms with van der Waals surface area (Å²) in [7, 11) is 1.67. The van der Waals surface area contributed by atoms with Gasteiger partial charge in [-0.3, -0.25) is 0 Å². The average Bonchev–Trinajstić information content (AvgIpc) is 2.94. The van der Waals surface area contributed by atoms with Crippen molar-refractivity contribution in [1.29, 1.82) is 0 Å². The number of methoxy groups -OCH3 is 1. The van der Waals surface area contributed by atoms with Gasteiger partial charge in [-0.2, -0.15) is 0 Å². The third-order valence-electron chi connectivity index (χ3n) is 3.48. The van der Waals surface area contributed by atoms with Crippen LogP contribution in [0.25, 0.3) is 5.57 Å². The maximum absolute atomic E-state index is 5.52. The van der Waals surface area contributed by atoms with Crippen molar-refractivity contribution >= 4 is 5.57 Å². The van der Waals surface area contributed by atoms with Gasteiger partial charge in [-0.15, -0.1) is 0 Å². The molecule has 96 valence electrons. The van der Waals surface area contributed by atoms with E-state index in [1.165, 1.54) is 5.56 Å². The molecule has 1 heterocycles. The van der Waals surface area contributed by atoms with Crippen LogP contribution in [0, 0.1) is 0 Å². The van der Waals surface area contributed by atoms with E-state index in [0.29, 0.717) is 0 Å². The molecule has 2 heteroatoms. The lowest BCUT2D eigenvalue weighted by atomic mass is 9.97. The van der Waals surface area contributed by atoms with Gasteiger partial charge in [0.2, 0.25) is 0 Å². The Balaban J connectivity index is 1.90. The summed E-state index contributed by atoms with van der Waals surface area (Å²) in [6.45, 7) is 4.98. The molecular weight excluding hydrogens is 236 g/mol. The number of fused-ring (bicyclic) bond motifs is 1. The fourth-order valence-corrected chi connectivity index (χ4v) is 2.33. The van der Waals surface area contributed by atoms with Crippen LogP contribution >= 0.6 is 0 Å². The summed E-state index contributed by atoms with van der Waals surface area (Å²) in [5.41, 5.74) is 4.55. The van der Waals surface area contributed by atoms with Crippen LogP contribution in [0.4, 0.5) is 0 Å². The second-order valence-corrected chi connectivity index (χ2v) is 4.63.